The molecule has 234 valence electrons. The first kappa shape index (κ1) is 30.4. The summed E-state index contributed by atoms with van der Waals surface area (Å²) in [5.41, 5.74) is 13.0. The molecule has 48 heavy (non-hydrogen) atoms. The summed E-state index contributed by atoms with van der Waals surface area (Å²) in [6, 6.07) is 50.5. The van der Waals surface area contributed by atoms with E-state index in [-0.39, 0.29) is 23.0 Å². The second-order valence-corrected chi connectivity index (χ2v) is 12.0. The highest BCUT2D eigenvalue weighted by Gasteiger charge is 2.16. The Balaban J connectivity index is 1.22. The number of rotatable bonds is 8. The largest absolute Gasteiger partial charge is 0.508 e. The highest BCUT2D eigenvalue weighted by atomic mass is 16.3. The van der Waals surface area contributed by atoms with Gasteiger partial charge in [0.25, 0.3) is 0 Å². The lowest BCUT2D eigenvalue weighted by molar-refractivity contribution is 0.475. The van der Waals surface area contributed by atoms with E-state index in [2.05, 4.69) is 60.7 Å². The molecule has 0 saturated heterocycles. The molecule has 7 aromatic carbocycles. The lowest BCUT2D eigenvalue weighted by atomic mass is 9.87. The summed E-state index contributed by atoms with van der Waals surface area (Å²) >= 11 is 0. The fourth-order valence-electron chi connectivity index (χ4n) is 6.41. The molecular weight excluding hydrogens is 592 g/mol. The normalized spacial score (nSPS) is 11.0. The number of phenolic OH excluding ortho intramolecular Hbond substituents is 4. The predicted molar refractivity (Wildman–Crippen MR) is 193 cm³/mol. The Morgan fingerprint density at radius 3 is 0.896 bits per heavy atom. The van der Waals surface area contributed by atoms with Crippen molar-refractivity contribution >= 4 is 0 Å². The predicted octanol–water partition coefficient (Wildman–Crippen LogP) is 10.4. The van der Waals surface area contributed by atoms with Crippen molar-refractivity contribution < 1.29 is 20.4 Å². The third-order valence-corrected chi connectivity index (χ3v) is 8.78. The van der Waals surface area contributed by atoms with Crippen molar-refractivity contribution in [1.82, 2.24) is 0 Å². The highest BCUT2D eigenvalue weighted by molar-refractivity contribution is 5.87. The minimum Gasteiger partial charge on any atom is -0.508 e. The maximum Gasteiger partial charge on any atom is 0.115 e. The molecule has 7 rings (SSSR count). The maximum absolute atomic E-state index is 9.99. The van der Waals surface area contributed by atoms with Crippen molar-refractivity contribution in [3.05, 3.63) is 180 Å². The molecule has 0 aromatic heterocycles. The van der Waals surface area contributed by atoms with Crippen molar-refractivity contribution in [3.63, 3.8) is 0 Å². The second kappa shape index (κ2) is 13.2. The van der Waals surface area contributed by atoms with Crippen LogP contribution < -0.4 is 0 Å². The van der Waals surface area contributed by atoms with Crippen molar-refractivity contribution in [2.24, 2.45) is 0 Å². The van der Waals surface area contributed by atoms with Crippen molar-refractivity contribution in [2.75, 3.05) is 0 Å². The fraction of sp³-hybridized carbons (Fsp3) is 0.0455. The smallest absolute Gasteiger partial charge is 0.115 e. The number of benzene rings is 7. The minimum absolute atomic E-state index is 0.222. The van der Waals surface area contributed by atoms with Gasteiger partial charge in [-0.1, -0.05) is 109 Å². The van der Waals surface area contributed by atoms with Gasteiger partial charge in [-0.05, 0) is 128 Å². The number of hydrogen-bond donors (Lipinski definition) is 4. The third kappa shape index (κ3) is 6.51. The van der Waals surface area contributed by atoms with Crippen LogP contribution in [0.3, 0.4) is 0 Å². The van der Waals surface area contributed by atoms with Crippen LogP contribution in [0, 0.1) is 0 Å². The summed E-state index contributed by atoms with van der Waals surface area (Å²) in [6.45, 7) is 0. The molecule has 0 aliphatic heterocycles. The van der Waals surface area contributed by atoms with Gasteiger partial charge in [-0.2, -0.15) is 0 Å². The number of aromatic hydroxyl groups is 4. The average Bonchev–Trinajstić information content (AvgIpc) is 3.11. The van der Waals surface area contributed by atoms with Gasteiger partial charge in [-0.25, -0.2) is 0 Å². The molecule has 4 heteroatoms. The zero-order valence-electron chi connectivity index (χ0n) is 26.2. The van der Waals surface area contributed by atoms with Gasteiger partial charge in [0.2, 0.25) is 0 Å². The second-order valence-electron chi connectivity index (χ2n) is 12.0. The van der Waals surface area contributed by atoms with Gasteiger partial charge >= 0.3 is 0 Å². The Kier molecular flexibility index (Phi) is 8.38. The number of hydrogen-bond acceptors (Lipinski definition) is 4. The van der Waals surface area contributed by atoms with Crippen LogP contribution in [-0.4, -0.2) is 20.4 Å². The lowest BCUT2D eigenvalue weighted by Gasteiger charge is -2.17. The van der Waals surface area contributed by atoms with Crippen LogP contribution in [-0.2, 0) is 12.8 Å². The highest BCUT2D eigenvalue weighted by Crippen LogP contribution is 2.39. The van der Waals surface area contributed by atoms with Gasteiger partial charge in [0, 0.05) is 0 Å². The van der Waals surface area contributed by atoms with Crippen LogP contribution >= 0.6 is 0 Å². The van der Waals surface area contributed by atoms with Gasteiger partial charge < -0.3 is 20.4 Å². The van der Waals surface area contributed by atoms with E-state index >= 15 is 0 Å². The summed E-state index contributed by atoms with van der Waals surface area (Å²) < 4.78 is 0. The first-order valence-corrected chi connectivity index (χ1v) is 15.9. The molecule has 0 atom stereocenters. The molecule has 0 bridgehead atoms. The van der Waals surface area contributed by atoms with E-state index in [9.17, 15) is 20.4 Å². The van der Waals surface area contributed by atoms with Gasteiger partial charge in [0.05, 0.1) is 0 Å². The minimum atomic E-state index is 0.222. The Hall–Kier alpha value is -6.26. The molecular formula is C44H34O4. The van der Waals surface area contributed by atoms with E-state index < -0.39 is 0 Å². The van der Waals surface area contributed by atoms with Gasteiger partial charge in [0.1, 0.15) is 23.0 Å². The van der Waals surface area contributed by atoms with Gasteiger partial charge in [-0.15, -0.1) is 0 Å². The first-order valence-electron chi connectivity index (χ1n) is 15.9. The van der Waals surface area contributed by atoms with E-state index in [0.717, 1.165) is 68.5 Å². The summed E-state index contributed by atoms with van der Waals surface area (Å²) in [7, 11) is 0. The molecule has 4 nitrogen and oxygen atoms in total. The Morgan fingerprint density at radius 1 is 0.292 bits per heavy atom. The Bertz CT molecular complexity index is 2010. The standard InChI is InChI=1S/C44H34O4/c45-37-19-11-31(12-20-37)41-5-1-3-35(43(41)33-15-23-39(47)24-16-33)27-29-7-9-30(10-8-29)28-36-4-2-6-42(32-13-21-38(46)22-14-32)44(36)34-17-25-40(48)26-18-34/h1-26,45-48H,27-28H2. The van der Waals surface area contributed by atoms with E-state index in [4.69, 9.17) is 0 Å². The number of phenols is 4. The van der Waals surface area contributed by atoms with Crippen LogP contribution in [0.25, 0.3) is 44.5 Å². The molecule has 0 spiro atoms. The molecule has 0 unspecified atom stereocenters. The fourth-order valence-corrected chi connectivity index (χ4v) is 6.41. The topological polar surface area (TPSA) is 80.9 Å². The quantitative estimate of drug-likeness (QED) is 0.135. The van der Waals surface area contributed by atoms with Crippen LogP contribution in [0.1, 0.15) is 22.3 Å². The molecule has 0 heterocycles. The van der Waals surface area contributed by atoms with Crippen LogP contribution in [0.2, 0.25) is 0 Å². The molecule has 0 aliphatic rings. The molecule has 4 N–H and O–H groups in total. The van der Waals surface area contributed by atoms with E-state index in [1.165, 1.54) is 11.1 Å². The summed E-state index contributed by atoms with van der Waals surface area (Å²) in [6.07, 6.45) is 1.44. The van der Waals surface area contributed by atoms with E-state index in [1.54, 1.807) is 48.5 Å². The summed E-state index contributed by atoms with van der Waals surface area (Å²) in [4.78, 5) is 0. The van der Waals surface area contributed by atoms with Crippen LogP contribution in [0.5, 0.6) is 23.0 Å². The molecule has 0 fully saturated rings. The monoisotopic (exact) mass is 626 g/mol. The first-order chi connectivity index (χ1) is 23.4. The SMILES string of the molecule is Oc1ccc(-c2cccc(Cc3ccc(Cc4cccc(-c5ccc(O)cc5)c4-c4ccc(O)cc4)cc3)c2-c2ccc(O)cc2)cc1. The molecule has 0 amide bonds. The van der Waals surface area contributed by atoms with Gasteiger partial charge in [-0.3, -0.25) is 0 Å². The van der Waals surface area contributed by atoms with E-state index in [0.29, 0.717) is 0 Å². The van der Waals surface area contributed by atoms with Crippen molar-refractivity contribution in [3.8, 4) is 67.5 Å². The zero-order chi connectivity index (χ0) is 33.0. The van der Waals surface area contributed by atoms with Crippen molar-refractivity contribution in [1.29, 1.82) is 0 Å². The molecule has 0 radical (unpaired) electrons. The molecule has 7 aromatic rings. The maximum atomic E-state index is 9.99. The molecule has 0 saturated carbocycles. The van der Waals surface area contributed by atoms with Crippen LogP contribution in [0.4, 0.5) is 0 Å². The average molecular weight is 627 g/mol. The van der Waals surface area contributed by atoms with Crippen LogP contribution in [0.15, 0.2) is 158 Å². The summed E-state index contributed by atoms with van der Waals surface area (Å²) in [5, 5.41) is 39.8. The van der Waals surface area contributed by atoms with Gasteiger partial charge in [0.15, 0.2) is 0 Å². The Morgan fingerprint density at radius 2 is 0.583 bits per heavy atom. The van der Waals surface area contributed by atoms with E-state index in [1.807, 2.05) is 48.5 Å². The third-order valence-electron chi connectivity index (χ3n) is 8.78. The lowest BCUT2D eigenvalue weighted by Crippen LogP contribution is -1.97. The van der Waals surface area contributed by atoms with Crippen molar-refractivity contribution in [2.45, 2.75) is 12.8 Å². The molecule has 0 aliphatic carbocycles. The Labute approximate surface area is 280 Å². The summed E-state index contributed by atoms with van der Waals surface area (Å²) in [5.74, 6) is 0.896. The zero-order valence-corrected chi connectivity index (χ0v) is 26.2.